The van der Waals surface area contributed by atoms with E-state index in [9.17, 15) is 24.3 Å². The number of nitrogens with one attached hydrogen (secondary N) is 2. The lowest BCUT2D eigenvalue weighted by Gasteiger charge is -2.33. The largest absolute Gasteiger partial charge is 0.508 e. The van der Waals surface area contributed by atoms with Crippen LogP contribution >= 0.6 is 11.6 Å². The quantitative estimate of drug-likeness (QED) is 0.0774. The standard InChI is InChI=1S/C49H53ClFN7O10/c1-29(68-49-54-44-38(45(55-49)57-16-12-52-13-17-57)27-39(50)42(43(44)51)36-25-31(59)24-30-4-2-3-5-34(30)36)28-56-14-10-32(11-15-56)66-22-20-64-18-19-65-21-23-67-33-6-7-35-37(26-33)48(63)58(47(35)62)40-8-9-41(60)53-46(40)61/h2-7,24-27,29,32,40,52,59H,8-23,28H2,1H3,(H,53,60,61). The minimum Gasteiger partial charge on any atom is -0.508 e. The fourth-order valence-electron chi connectivity index (χ4n) is 9.27. The highest BCUT2D eigenvalue weighted by Gasteiger charge is 2.44. The Balaban J connectivity index is 0.698. The summed E-state index contributed by atoms with van der Waals surface area (Å²) < 4.78 is 46.4. The SMILES string of the molecule is CC(CN1CCC(OCCOCCOCCOc2ccc3c(c2)C(=O)N(C2CCC(=O)NC2=O)C3=O)CC1)Oc1nc(N2CCNCC2)c2cc(Cl)c(-c3cc(O)cc4ccccc34)c(F)c2n1. The van der Waals surface area contributed by atoms with E-state index < -0.39 is 35.5 Å². The lowest BCUT2D eigenvalue weighted by atomic mass is 9.96. The summed E-state index contributed by atoms with van der Waals surface area (Å²) in [4.78, 5) is 64.6. The molecular formula is C49H53ClFN7O10. The predicted octanol–water partition coefficient (Wildman–Crippen LogP) is 5.12. The maximum Gasteiger partial charge on any atom is 0.319 e. The van der Waals surface area contributed by atoms with Crippen molar-refractivity contribution in [1.29, 1.82) is 0 Å². The number of carbonyl (C=O) groups excluding carboxylic acids is 4. The number of hydrogen-bond acceptors (Lipinski definition) is 15. The van der Waals surface area contributed by atoms with Gasteiger partial charge >= 0.3 is 6.01 Å². The first-order chi connectivity index (χ1) is 33.0. The number of amides is 4. The maximum absolute atomic E-state index is 16.9. The Morgan fingerprint density at radius 3 is 2.34 bits per heavy atom. The number of carbonyl (C=O) groups is 4. The van der Waals surface area contributed by atoms with Crippen LogP contribution in [-0.2, 0) is 23.8 Å². The molecule has 68 heavy (non-hydrogen) atoms. The molecule has 4 amide bonds. The smallest absolute Gasteiger partial charge is 0.319 e. The van der Waals surface area contributed by atoms with Gasteiger partial charge in [0, 0.05) is 63.2 Å². The number of halogens is 2. The summed E-state index contributed by atoms with van der Waals surface area (Å²) in [5.74, 6) is -1.92. The molecule has 9 rings (SSSR count). The van der Waals surface area contributed by atoms with Gasteiger partial charge in [0.25, 0.3) is 11.8 Å². The zero-order chi connectivity index (χ0) is 47.3. The van der Waals surface area contributed by atoms with Crippen LogP contribution < -0.4 is 25.0 Å². The van der Waals surface area contributed by atoms with Crippen LogP contribution in [0.3, 0.4) is 0 Å². The topological polar surface area (TPSA) is 194 Å². The molecule has 0 bridgehead atoms. The minimum absolute atomic E-state index is 0.00249. The lowest BCUT2D eigenvalue weighted by molar-refractivity contribution is -0.136. The molecule has 0 spiro atoms. The molecule has 19 heteroatoms. The van der Waals surface area contributed by atoms with Gasteiger partial charge in [-0.3, -0.25) is 34.3 Å². The number of anilines is 1. The van der Waals surface area contributed by atoms with Gasteiger partial charge in [-0.1, -0.05) is 35.9 Å². The van der Waals surface area contributed by atoms with Crippen LogP contribution in [0.5, 0.6) is 17.5 Å². The molecule has 2 unspecified atom stereocenters. The van der Waals surface area contributed by atoms with Gasteiger partial charge in [0.2, 0.25) is 11.8 Å². The number of imide groups is 2. The summed E-state index contributed by atoms with van der Waals surface area (Å²) in [6.45, 7) is 9.11. The van der Waals surface area contributed by atoms with Crippen LogP contribution in [0.2, 0.25) is 5.02 Å². The highest BCUT2D eigenvalue weighted by Crippen LogP contribution is 2.42. The summed E-state index contributed by atoms with van der Waals surface area (Å²) in [5, 5.41) is 18.3. The van der Waals surface area contributed by atoms with Gasteiger partial charge in [0.1, 0.15) is 41.6 Å². The third-order valence-electron chi connectivity index (χ3n) is 12.6. The average Bonchev–Trinajstić information content (AvgIpc) is 3.57. The molecule has 3 saturated heterocycles. The van der Waals surface area contributed by atoms with Crippen molar-refractivity contribution in [2.24, 2.45) is 0 Å². The van der Waals surface area contributed by atoms with E-state index in [2.05, 4.69) is 25.4 Å². The number of likely N-dealkylation sites (tertiary alicyclic amines) is 1. The first-order valence-corrected chi connectivity index (χ1v) is 23.4. The average molecular weight is 954 g/mol. The van der Waals surface area contributed by atoms with E-state index in [0.29, 0.717) is 68.6 Å². The summed E-state index contributed by atoms with van der Waals surface area (Å²) in [6, 6.07) is 16.0. The molecule has 2 atom stereocenters. The van der Waals surface area contributed by atoms with Gasteiger partial charge in [-0.15, -0.1) is 0 Å². The maximum atomic E-state index is 16.9. The highest BCUT2D eigenvalue weighted by atomic mass is 35.5. The third kappa shape index (κ3) is 10.4. The summed E-state index contributed by atoms with van der Waals surface area (Å²) in [6.07, 6.45) is 1.64. The minimum atomic E-state index is -1.03. The van der Waals surface area contributed by atoms with E-state index >= 15 is 4.39 Å². The molecule has 358 valence electrons. The normalized spacial score (nSPS) is 18.7. The zero-order valence-electron chi connectivity index (χ0n) is 37.6. The van der Waals surface area contributed by atoms with Crippen molar-refractivity contribution in [3.8, 4) is 28.6 Å². The van der Waals surface area contributed by atoms with E-state index in [1.54, 1.807) is 18.2 Å². The van der Waals surface area contributed by atoms with Crippen molar-refractivity contribution in [2.45, 2.75) is 50.9 Å². The molecule has 4 aromatic carbocycles. The van der Waals surface area contributed by atoms with E-state index in [4.69, 9.17) is 40.3 Å². The van der Waals surface area contributed by atoms with Crippen molar-refractivity contribution in [1.82, 2.24) is 30.4 Å². The number of fused-ring (bicyclic) bond motifs is 3. The van der Waals surface area contributed by atoms with E-state index in [1.807, 2.05) is 31.2 Å². The fourth-order valence-corrected chi connectivity index (χ4v) is 9.57. The van der Waals surface area contributed by atoms with Crippen molar-refractivity contribution in [3.63, 3.8) is 0 Å². The molecule has 5 heterocycles. The van der Waals surface area contributed by atoms with Gasteiger partial charge < -0.3 is 39.0 Å². The molecule has 4 aliphatic rings. The Bertz CT molecular complexity index is 2710. The van der Waals surface area contributed by atoms with Crippen LogP contribution in [0.4, 0.5) is 10.2 Å². The van der Waals surface area contributed by atoms with E-state index in [1.165, 1.54) is 18.2 Å². The van der Waals surface area contributed by atoms with Crippen molar-refractivity contribution >= 4 is 62.7 Å². The van der Waals surface area contributed by atoms with Crippen molar-refractivity contribution in [3.05, 3.63) is 82.6 Å². The van der Waals surface area contributed by atoms with Gasteiger partial charge in [0.15, 0.2) is 5.82 Å². The first-order valence-electron chi connectivity index (χ1n) is 23.0. The molecule has 0 aliphatic carbocycles. The predicted molar refractivity (Wildman–Crippen MR) is 250 cm³/mol. The molecular weight excluding hydrogens is 901 g/mol. The Kier molecular flexibility index (Phi) is 14.6. The first kappa shape index (κ1) is 47.1. The monoisotopic (exact) mass is 953 g/mol. The van der Waals surface area contributed by atoms with E-state index in [0.717, 1.165) is 54.7 Å². The number of piperidine rings is 2. The number of ether oxygens (including phenoxy) is 5. The van der Waals surface area contributed by atoms with Crippen molar-refractivity contribution < 1.29 is 52.4 Å². The summed E-state index contributed by atoms with van der Waals surface area (Å²) in [7, 11) is 0. The van der Waals surface area contributed by atoms with Gasteiger partial charge in [-0.05, 0) is 78.9 Å². The second-order valence-corrected chi connectivity index (χ2v) is 17.7. The second-order valence-electron chi connectivity index (χ2n) is 17.3. The van der Waals surface area contributed by atoms with Gasteiger partial charge in [-0.2, -0.15) is 9.97 Å². The number of hydrogen-bond donors (Lipinski definition) is 3. The number of aromatic nitrogens is 2. The number of phenolic OH excluding ortho intramolecular Hbond substituents is 1. The van der Waals surface area contributed by atoms with Gasteiger partial charge in [-0.25, -0.2) is 4.39 Å². The highest BCUT2D eigenvalue weighted by molar-refractivity contribution is 6.35. The lowest BCUT2D eigenvalue weighted by Crippen LogP contribution is -2.54. The molecule has 17 nitrogen and oxygen atoms in total. The Hall–Kier alpha value is -6.02. The molecule has 3 fully saturated rings. The van der Waals surface area contributed by atoms with Crippen LogP contribution in [0, 0.1) is 5.82 Å². The number of rotatable bonds is 18. The third-order valence-corrected chi connectivity index (χ3v) is 12.9. The molecule has 3 N–H and O–H groups in total. The number of piperazine rings is 1. The Morgan fingerprint density at radius 2 is 1.56 bits per heavy atom. The van der Waals surface area contributed by atoms with Crippen LogP contribution in [0.15, 0.2) is 60.7 Å². The number of phenols is 1. The zero-order valence-corrected chi connectivity index (χ0v) is 38.4. The number of benzene rings is 4. The van der Waals surface area contributed by atoms with Gasteiger partial charge in [0.05, 0.1) is 55.3 Å². The summed E-state index contributed by atoms with van der Waals surface area (Å²) in [5.41, 5.74) is 1.05. The molecule has 5 aromatic rings. The number of nitrogens with zero attached hydrogens (tertiary/aromatic N) is 5. The molecule has 0 saturated carbocycles. The molecule has 1 aromatic heterocycles. The molecule has 0 radical (unpaired) electrons. The Labute approximate surface area is 396 Å². The number of aromatic hydroxyl groups is 1. The van der Waals surface area contributed by atoms with Crippen LogP contribution in [0.1, 0.15) is 53.3 Å². The molecule has 4 aliphatic heterocycles. The Morgan fingerprint density at radius 1 is 0.824 bits per heavy atom. The van der Waals surface area contributed by atoms with Crippen LogP contribution in [0.25, 0.3) is 32.8 Å². The van der Waals surface area contributed by atoms with Crippen LogP contribution in [-0.4, -0.2) is 152 Å². The fraction of sp³-hybridized carbons (Fsp3) is 0.429. The summed E-state index contributed by atoms with van der Waals surface area (Å²) >= 11 is 6.88. The second kappa shape index (κ2) is 21.1. The van der Waals surface area contributed by atoms with Crippen molar-refractivity contribution in [2.75, 3.05) is 90.4 Å². The van der Waals surface area contributed by atoms with E-state index in [-0.39, 0.29) is 77.3 Å².